The van der Waals surface area contributed by atoms with Gasteiger partial charge in [0.05, 0.1) is 4.99 Å². The lowest BCUT2D eigenvalue weighted by molar-refractivity contribution is -0.140. The molecule has 0 aliphatic carbocycles. The van der Waals surface area contributed by atoms with Gasteiger partial charge in [0.1, 0.15) is 5.41 Å². The summed E-state index contributed by atoms with van der Waals surface area (Å²) in [5, 5.41) is 0. The average Bonchev–Trinajstić information content (AvgIpc) is 2.35. The summed E-state index contributed by atoms with van der Waals surface area (Å²) in [6.07, 6.45) is 3.23. The Bertz CT molecular complexity index is 291. The van der Waals surface area contributed by atoms with Crippen LogP contribution in [0.2, 0.25) is 0 Å². The van der Waals surface area contributed by atoms with E-state index in [2.05, 4.69) is 0 Å². The van der Waals surface area contributed by atoms with Crippen LogP contribution >= 0.6 is 24.0 Å². The summed E-state index contributed by atoms with van der Waals surface area (Å²) in [6, 6.07) is 0. The van der Waals surface area contributed by atoms with Gasteiger partial charge in [-0.1, -0.05) is 12.2 Å². The maximum Gasteiger partial charge on any atom is 0.235 e. The molecular weight excluding hydrogens is 256 g/mol. The Balaban J connectivity index is 2.76. The third-order valence-corrected chi connectivity index (χ3v) is 4.19. The first-order valence-corrected chi connectivity index (χ1v) is 7.47. The lowest BCUT2D eigenvalue weighted by Gasteiger charge is -2.37. The molecule has 6 heteroatoms. The molecule has 1 fully saturated rings. The second-order valence-electron chi connectivity index (χ2n) is 4.28. The number of rotatable bonds is 5. The van der Waals surface area contributed by atoms with Crippen LogP contribution in [-0.4, -0.2) is 54.6 Å². The zero-order valence-electron chi connectivity index (χ0n) is 10.4. The van der Waals surface area contributed by atoms with E-state index in [1.807, 2.05) is 13.3 Å². The molecule has 0 atom stereocenters. The molecule has 0 bridgehead atoms. The summed E-state index contributed by atoms with van der Waals surface area (Å²) in [5.41, 5.74) is 5.11. The number of ether oxygens (including phenoxy) is 1. The minimum absolute atomic E-state index is 0.0438. The smallest absolute Gasteiger partial charge is 0.235 e. The zero-order chi connectivity index (χ0) is 12.9. The van der Waals surface area contributed by atoms with Gasteiger partial charge in [-0.25, -0.2) is 0 Å². The van der Waals surface area contributed by atoms with Gasteiger partial charge >= 0.3 is 0 Å². The van der Waals surface area contributed by atoms with Crippen LogP contribution in [0, 0.1) is 5.41 Å². The maximum atomic E-state index is 12.5. The van der Waals surface area contributed by atoms with Crippen molar-refractivity contribution < 1.29 is 9.53 Å². The second kappa shape index (κ2) is 6.56. The predicted molar refractivity (Wildman–Crippen MR) is 75.3 cm³/mol. The monoisotopic (exact) mass is 276 g/mol. The van der Waals surface area contributed by atoms with Gasteiger partial charge in [0.15, 0.2) is 0 Å². The van der Waals surface area contributed by atoms with Gasteiger partial charge in [-0.2, -0.15) is 11.8 Å². The minimum atomic E-state index is -0.680. The first-order chi connectivity index (χ1) is 8.04. The fourth-order valence-electron chi connectivity index (χ4n) is 1.98. The van der Waals surface area contributed by atoms with E-state index in [0.29, 0.717) is 31.0 Å². The normalized spacial score (nSPS) is 18.7. The SMILES string of the molecule is CSCCN(C)C(=O)C1(C(N)=S)CCOCC1. The molecule has 1 heterocycles. The largest absolute Gasteiger partial charge is 0.392 e. The summed E-state index contributed by atoms with van der Waals surface area (Å²) >= 11 is 6.82. The van der Waals surface area contributed by atoms with Gasteiger partial charge in [0.25, 0.3) is 0 Å². The highest BCUT2D eigenvalue weighted by Crippen LogP contribution is 2.33. The number of nitrogens with zero attached hydrogens (tertiary/aromatic N) is 1. The molecule has 1 aliphatic rings. The molecule has 2 N–H and O–H groups in total. The highest BCUT2D eigenvalue weighted by Gasteiger charge is 2.44. The fraction of sp³-hybridized carbons (Fsp3) is 0.818. The quantitative estimate of drug-likeness (QED) is 0.756. The van der Waals surface area contributed by atoms with Gasteiger partial charge in [0.2, 0.25) is 5.91 Å². The van der Waals surface area contributed by atoms with Gasteiger partial charge < -0.3 is 15.4 Å². The van der Waals surface area contributed by atoms with E-state index >= 15 is 0 Å². The summed E-state index contributed by atoms with van der Waals surface area (Å²) in [4.78, 5) is 14.5. The Hall–Kier alpha value is -0.330. The zero-order valence-corrected chi connectivity index (χ0v) is 12.0. The van der Waals surface area contributed by atoms with Crippen molar-refractivity contribution in [2.75, 3.05) is 38.8 Å². The van der Waals surface area contributed by atoms with E-state index in [0.717, 1.165) is 12.3 Å². The van der Waals surface area contributed by atoms with Crippen LogP contribution in [0.3, 0.4) is 0 Å². The number of amides is 1. The van der Waals surface area contributed by atoms with E-state index in [1.54, 1.807) is 16.7 Å². The lowest BCUT2D eigenvalue weighted by atomic mass is 9.78. The molecule has 1 amide bonds. The summed E-state index contributed by atoms with van der Waals surface area (Å²) in [7, 11) is 1.81. The Kier molecular flexibility index (Phi) is 5.69. The topological polar surface area (TPSA) is 55.6 Å². The molecule has 1 saturated heterocycles. The van der Waals surface area contributed by atoms with Crippen LogP contribution in [0.4, 0.5) is 0 Å². The molecule has 17 heavy (non-hydrogen) atoms. The Morgan fingerprint density at radius 3 is 2.59 bits per heavy atom. The van der Waals surface area contributed by atoms with Crippen LogP contribution in [-0.2, 0) is 9.53 Å². The van der Waals surface area contributed by atoms with Gasteiger partial charge in [-0.15, -0.1) is 0 Å². The van der Waals surface area contributed by atoms with Crippen LogP contribution in [0.15, 0.2) is 0 Å². The van der Waals surface area contributed by atoms with Gasteiger partial charge in [-0.3, -0.25) is 4.79 Å². The molecule has 0 saturated carbocycles. The number of thiocarbonyl (C=S) groups is 1. The second-order valence-corrected chi connectivity index (χ2v) is 5.70. The van der Waals surface area contributed by atoms with Gasteiger partial charge in [0, 0.05) is 32.6 Å². The Morgan fingerprint density at radius 1 is 1.53 bits per heavy atom. The van der Waals surface area contributed by atoms with E-state index in [4.69, 9.17) is 22.7 Å². The first-order valence-electron chi connectivity index (χ1n) is 5.67. The Morgan fingerprint density at radius 2 is 2.12 bits per heavy atom. The summed E-state index contributed by atoms with van der Waals surface area (Å²) in [5.74, 6) is 0.967. The lowest BCUT2D eigenvalue weighted by Crippen LogP contribution is -2.52. The predicted octanol–water partition coefficient (Wildman–Crippen LogP) is 0.891. The van der Waals surface area contributed by atoms with Crippen molar-refractivity contribution in [2.45, 2.75) is 12.8 Å². The molecular formula is C11H20N2O2S2. The highest BCUT2D eigenvalue weighted by molar-refractivity contribution is 7.98. The van der Waals surface area contributed by atoms with E-state index < -0.39 is 5.41 Å². The fourth-order valence-corrected chi connectivity index (χ4v) is 2.73. The van der Waals surface area contributed by atoms with Crippen molar-refractivity contribution in [3.8, 4) is 0 Å². The molecule has 1 rings (SSSR count). The number of hydrogen-bond acceptors (Lipinski definition) is 4. The summed E-state index contributed by atoms with van der Waals surface area (Å²) < 4.78 is 5.30. The van der Waals surface area contributed by atoms with E-state index in [-0.39, 0.29) is 5.91 Å². The van der Waals surface area contributed by atoms with Crippen molar-refractivity contribution >= 4 is 34.9 Å². The van der Waals surface area contributed by atoms with Crippen molar-refractivity contribution in [1.29, 1.82) is 0 Å². The maximum absolute atomic E-state index is 12.5. The minimum Gasteiger partial charge on any atom is -0.392 e. The number of hydrogen-bond donors (Lipinski definition) is 1. The third-order valence-electron chi connectivity index (χ3n) is 3.20. The van der Waals surface area contributed by atoms with E-state index in [9.17, 15) is 4.79 Å². The number of carbonyl (C=O) groups is 1. The molecule has 0 aromatic rings. The van der Waals surface area contributed by atoms with Crippen molar-refractivity contribution in [1.82, 2.24) is 4.90 Å². The molecule has 0 unspecified atom stereocenters. The third kappa shape index (κ3) is 3.33. The number of carbonyl (C=O) groups excluding carboxylic acids is 1. The average molecular weight is 276 g/mol. The Labute approximate surface area is 112 Å². The highest BCUT2D eigenvalue weighted by atomic mass is 32.2. The van der Waals surface area contributed by atoms with Crippen LogP contribution in [0.1, 0.15) is 12.8 Å². The molecule has 1 aliphatic heterocycles. The van der Waals surface area contributed by atoms with E-state index in [1.165, 1.54) is 0 Å². The van der Waals surface area contributed by atoms with Crippen LogP contribution < -0.4 is 5.73 Å². The molecule has 4 nitrogen and oxygen atoms in total. The van der Waals surface area contributed by atoms with Crippen molar-refractivity contribution in [3.05, 3.63) is 0 Å². The summed E-state index contributed by atoms with van der Waals surface area (Å²) in [6.45, 7) is 1.84. The van der Waals surface area contributed by atoms with Crippen LogP contribution in [0.5, 0.6) is 0 Å². The molecule has 98 valence electrons. The first kappa shape index (κ1) is 14.7. The van der Waals surface area contributed by atoms with Gasteiger partial charge in [-0.05, 0) is 19.1 Å². The molecule has 0 spiro atoms. The number of nitrogens with two attached hydrogens (primary N) is 1. The molecule has 0 aromatic heterocycles. The number of thioether (sulfide) groups is 1. The molecule has 0 radical (unpaired) electrons. The van der Waals surface area contributed by atoms with Crippen molar-refractivity contribution in [3.63, 3.8) is 0 Å². The van der Waals surface area contributed by atoms with Crippen molar-refractivity contribution in [2.24, 2.45) is 11.1 Å². The standard InChI is InChI=1S/C11H20N2O2S2/c1-13(5-8-17-2)10(14)11(9(12)16)3-6-15-7-4-11/h3-8H2,1-2H3,(H2,12,16). The van der Waals surface area contributed by atoms with Crippen LogP contribution in [0.25, 0.3) is 0 Å². The molecule has 0 aromatic carbocycles.